The average molecular weight is 506 g/mol. The Labute approximate surface area is 213 Å². The van der Waals surface area contributed by atoms with Crippen LogP contribution in [0.3, 0.4) is 0 Å². The topological polar surface area (TPSA) is 125 Å². The molecule has 9 heteroatoms. The first-order valence-corrected chi connectivity index (χ1v) is 11.8. The first-order chi connectivity index (χ1) is 15.6. The maximum absolute atomic E-state index is 12.4. The molecule has 0 radical (unpaired) electrons. The number of rotatable bonds is 9. The van der Waals surface area contributed by atoms with Crippen LogP contribution in [0.5, 0.6) is 0 Å². The predicted octanol–water partition coefficient (Wildman–Crippen LogP) is 4.10. The van der Waals surface area contributed by atoms with Gasteiger partial charge in [-0.3, -0.25) is 4.79 Å². The van der Waals surface area contributed by atoms with Crippen LogP contribution >= 0.6 is 11.9 Å². The number of hydrogen-bond acceptors (Lipinski definition) is 5. The number of piperazine rings is 1. The van der Waals surface area contributed by atoms with Gasteiger partial charge in [0.05, 0.1) is 0 Å². The summed E-state index contributed by atoms with van der Waals surface area (Å²) in [6, 6.07) is 16.0. The van der Waals surface area contributed by atoms with E-state index in [0.717, 1.165) is 35.7 Å². The number of ether oxygens (including phenoxy) is 1. The van der Waals surface area contributed by atoms with Crippen LogP contribution in [0.25, 0.3) is 0 Å². The average Bonchev–Trinajstić information content (AvgIpc) is 2.83. The summed E-state index contributed by atoms with van der Waals surface area (Å²) in [6.07, 6.45) is 4.46. The summed E-state index contributed by atoms with van der Waals surface area (Å²) in [5, 5.41) is 2.74. The molecule has 1 aliphatic heterocycles. The van der Waals surface area contributed by atoms with Crippen molar-refractivity contribution in [3.05, 3.63) is 72.3 Å². The van der Waals surface area contributed by atoms with Crippen molar-refractivity contribution in [2.24, 2.45) is 0 Å². The minimum absolute atomic E-state index is 0. The molecule has 0 bridgehead atoms. The molecule has 2 aromatic carbocycles. The number of carbonyl (C=O) groups excluding carboxylic acids is 2. The summed E-state index contributed by atoms with van der Waals surface area (Å²) in [7, 11) is 0. The summed E-state index contributed by atoms with van der Waals surface area (Å²) < 4.78 is 7.75. The molecule has 1 saturated heterocycles. The zero-order valence-electron chi connectivity index (χ0n) is 19.6. The number of anilines is 1. The summed E-state index contributed by atoms with van der Waals surface area (Å²) >= 11 is 1.65. The molecule has 0 aliphatic carbocycles. The largest absolute Gasteiger partial charge is 0.445 e. The Morgan fingerprint density at radius 3 is 2.17 bits per heavy atom. The molecule has 0 saturated carbocycles. The third-order valence-corrected chi connectivity index (χ3v) is 6.35. The van der Waals surface area contributed by atoms with Crippen molar-refractivity contribution in [1.29, 1.82) is 0 Å². The van der Waals surface area contributed by atoms with E-state index in [1.54, 1.807) is 16.8 Å². The quantitative estimate of drug-likeness (QED) is 0.406. The number of aryl methyl sites for hydroxylation is 1. The Morgan fingerprint density at radius 1 is 1.00 bits per heavy atom. The Bertz CT molecular complexity index is 898. The van der Waals surface area contributed by atoms with E-state index in [0.29, 0.717) is 19.7 Å². The van der Waals surface area contributed by atoms with Gasteiger partial charge in [0.2, 0.25) is 5.91 Å². The summed E-state index contributed by atoms with van der Waals surface area (Å²) in [5.74, 6) is -0.225. The van der Waals surface area contributed by atoms with Gasteiger partial charge in [-0.1, -0.05) is 51.6 Å². The highest BCUT2D eigenvalue weighted by Crippen LogP contribution is 2.25. The van der Waals surface area contributed by atoms with E-state index in [9.17, 15) is 9.59 Å². The van der Waals surface area contributed by atoms with Gasteiger partial charge in [-0.05, 0) is 66.3 Å². The maximum Gasteiger partial charge on any atom is 0.410 e. The number of hydrogen-bond donors (Lipinski definition) is 1. The predicted molar refractivity (Wildman–Crippen MR) is 143 cm³/mol. The second-order valence-corrected chi connectivity index (χ2v) is 8.87. The third-order valence-electron chi connectivity index (χ3n) is 5.24. The highest BCUT2D eigenvalue weighted by Gasteiger charge is 2.22. The molecule has 0 unspecified atom stereocenters. The highest BCUT2D eigenvalue weighted by atomic mass is 32.2. The molecule has 5 N–H and O–H groups in total. The van der Waals surface area contributed by atoms with Gasteiger partial charge in [0.1, 0.15) is 6.61 Å². The van der Waals surface area contributed by atoms with Crippen molar-refractivity contribution < 1.29 is 25.3 Å². The van der Waals surface area contributed by atoms with Crippen molar-refractivity contribution in [1.82, 2.24) is 9.21 Å². The molecule has 2 aromatic rings. The Kier molecular flexibility index (Phi) is 15.4. The molecule has 35 heavy (non-hydrogen) atoms. The number of benzene rings is 2. The lowest BCUT2D eigenvalue weighted by Gasteiger charge is -2.33. The van der Waals surface area contributed by atoms with Crippen LogP contribution < -0.4 is 5.32 Å². The van der Waals surface area contributed by atoms with Crippen LogP contribution in [0.15, 0.2) is 66.1 Å². The normalized spacial score (nSPS) is 12.9. The molecule has 1 aliphatic rings. The minimum Gasteiger partial charge on any atom is -0.445 e. The SMILES string of the molecule is C.C=CC(=O)Nc1ccc(SN2CCN(C(=O)OCc3ccc(CCCC)cc3)CC2)cc1.O.O. The fourth-order valence-electron chi connectivity index (χ4n) is 3.32. The van der Waals surface area contributed by atoms with Crippen LogP contribution in [0.1, 0.15) is 38.3 Å². The zero-order chi connectivity index (χ0) is 22.8. The smallest absolute Gasteiger partial charge is 0.410 e. The second-order valence-electron chi connectivity index (χ2n) is 7.70. The van der Waals surface area contributed by atoms with Crippen LogP contribution in [-0.4, -0.2) is 58.3 Å². The molecule has 194 valence electrons. The second kappa shape index (κ2) is 16.7. The van der Waals surface area contributed by atoms with Gasteiger partial charge in [-0.2, -0.15) is 0 Å². The van der Waals surface area contributed by atoms with E-state index in [4.69, 9.17) is 4.74 Å². The van der Waals surface area contributed by atoms with Crippen molar-refractivity contribution in [2.75, 3.05) is 31.5 Å². The van der Waals surface area contributed by atoms with Gasteiger partial charge < -0.3 is 25.9 Å². The molecule has 2 amide bonds. The van der Waals surface area contributed by atoms with Crippen molar-refractivity contribution in [3.8, 4) is 0 Å². The van der Waals surface area contributed by atoms with Crippen LogP contribution in [0.4, 0.5) is 10.5 Å². The standard InChI is InChI=1S/C25H31N3O3S.CH4.2H2O/c1-3-5-6-20-7-9-21(10-8-20)19-31-25(30)27-15-17-28(18-16-27)32-23-13-11-22(12-14-23)26-24(29)4-2;;;/h4,7-14H,2-3,5-6,15-19H2,1H3,(H,26,29);1H4;2*1H2. The summed E-state index contributed by atoms with van der Waals surface area (Å²) in [5.41, 5.74) is 3.08. The minimum atomic E-state index is -0.257. The number of nitrogens with zero attached hydrogens (tertiary/aromatic N) is 2. The lowest BCUT2D eigenvalue weighted by molar-refractivity contribution is -0.111. The van der Waals surface area contributed by atoms with E-state index in [1.165, 1.54) is 24.5 Å². The molecule has 0 spiro atoms. The molecule has 1 fully saturated rings. The highest BCUT2D eigenvalue weighted by molar-refractivity contribution is 7.97. The van der Waals surface area contributed by atoms with Crippen LogP contribution in [0.2, 0.25) is 0 Å². The molecular formula is C26H39N3O5S. The number of amides is 2. The van der Waals surface area contributed by atoms with Crippen molar-refractivity contribution in [2.45, 2.75) is 45.1 Å². The number of carbonyl (C=O) groups is 2. The molecular weight excluding hydrogens is 466 g/mol. The summed E-state index contributed by atoms with van der Waals surface area (Å²) in [6.45, 7) is 8.74. The van der Waals surface area contributed by atoms with Gasteiger partial charge in [0.15, 0.2) is 0 Å². The van der Waals surface area contributed by atoms with Gasteiger partial charge in [-0.25, -0.2) is 9.10 Å². The fraction of sp³-hybridized carbons (Fsp3) is 0.385. The zero-order valence-corrected chi connectivity index (χ0v) is 20.4. The van der Waals surface area contributed by atoms with Gasteiger partial charge in [-0.15, -0.1) is 0 Å². The molecule has 1 heterocycles. The third kappa shape index (κ3) is 10.5. The van der Waals surface area contributed by atoms with Gasteiger partial charge >= 0.3 is 6.09 Å². The number of unbranched alkanes of at least 4 members (excludes halogenated alkanes) is 1. The Balaban J connectivity index is 0.00000385. The van der Waals surface area contributed by atoms with E-state index in [2.05, 4.69) is 35.3 Å². The van der Waals surface area contributed by atoms with E-state index in [-0.39, 0.29) is 30.4 Å². The molecule has 8 nitrogen and oxygen atoms in total. The van der Waals surface area contributed by atoms with E-state index < -0.39 is 0 Å². The molecule has 0 aromatic heterocycles. The monoisotopic (exact) mass is 505 g/mol. The van der Waals surface area contributed by atoms with E-state index >= 15 is 0 Å². The first kappa shape index (κ1) is 32.1. The summed E-state index contributed by atoms with van der Waals surface area (Å²) in [4.78, 5) is 26.6. The fourth-order valence-corrected chi connectivity index (χ4v) is 4.22. The maximum atomic E-state index is 12.4. The molecule has 0 atom stereocenters. The Hall–Kier alpha value is -2.85. The lowest BCUT2D eigenvalue weighted by atomic mass is 10.1. The van der Waals surface area contributed by atoms with Gasteiger partial charge in [0, 0.05) is 36.8 Å². The lowest BCUT2D eigenvalue weighted by Crippen LogP contribution is -2.46. The van der Waals surface area contributed by atoms with Crippen molar-refractivity contribution in [3.63, 3.8) is 0 Å². The van der Waals surface area contributed by atoms with Crippen molar-refractivity contribution >= 4 is 29.6 Å². The molecule has 3 rings (SSSR count). The number of nitrogens with one attached hydrogen (secondary N) is 1. The first-order valence-electron chi connectivity index (χ1n) is 11.0. The van der Waals surface area contributed by atoms with Crippen LogP contribution in [-0.2, 0) is 22.6 Å². The Morgan fingerprint density at radius 2 is 1.60 bits per heavy atom. The van der Waals surface area contributed by atoms with E-state index in [1.807, 2.05) is 36.4 Å². The van der Waals surface area contributed by atoms with Crippen LogP contribution in [0, 0.1) is 0 Å². The van der Waals surface area contributed by atoms with Gasteiger partial charge in [0.25, 0.3) is 0 Å².